The van der Waals surface area contributed by atoms with E-state index in [0.29, 0.717) is 0 Å². The smallest absolute Gasteiger partial charge is 0.305 e. The molecule has 1 amide bonds. The van der Waals surface area contributed by atoms with E-state index in [1.807, 2.05) is 30.5 Å². The van der Waals surface area contributed by atoms with Gasteiger partial charge in [0.15, 0.2) is 0 Å². The number of nitrogens with zero attached hydrogens (tertiary/aromatic N) is 1. The zero-order chi connectivity index (χ0) is 16.1. The van der Waals surface area contributed by atoms with Gasteiger partial charge in [0.2, 0.25) is 0 Å². The third kappa shape index (κ3) is 4.11. The van der Waals surface area contributed by atoms with Crippen molar-refractivity contribution in [1.82, 2.24) is 15.5 Å². The average Bonchev–Trinajstić information content (AvgIpc) is 2.93. The highest BCUT2D eigenvalue weighted by Gasteiger charge is 2.20. The van der Waals surface area contributed by atoms with Crippen molar-refractivity contribution in [2.24, 2.45) is 0 Å². The molecule has 1 heterocycles. The molecule has 1 atom stereocenters. The van der Waals surface area contributed by atoms with Gasteiger partial charge in [-0.15, -0.1) is 11.8 Å². The number of hydrogen-bond donors (Lipinski definition) is 3. The standard InChI is InChI=1S/C15H17N3O3S/c1-9-7-13(18-17-9)15(21)16-12(8-14(19)20)10-3-5-11(22-2)6-4-10/h3-7,12H,8H2,1-2H3,(H,16,21)(H,17,18)(H,19,20). The van der Waals surface area contributed by atoms with Crippen LogP contribution in [0.3, 0.4) is 0 Å². The number of aromatic nitrogens is 2. The topological polar surface area (TPSA) is 95.1 Å². The second-order valence-electron chi connectivity index (χ2n) is 4.83. The van der Waals surface area contributed by atoms with Gasteiger partial charge in [-0.05, 0) is 36.9 Å². The van der Waals surface area contributed by atoms with Gasteiger partial charge in [0.25, 0.3) is 5.91 Å². The van der Waals surface area contributed by atoms with Crippen LogP contribution in [-0.2, 0) is 4.79 Å². The van der Waals surface area contributed by atoms with Crippen molar-refractivity contribution in [3.8, 4) is 0 Å². The number of carbonyl (C=O) groups is 2. The monoisotopic (exact) mass is 319 g/mol. The van der Waals surface area contributed by atoms with Gasteiger partial charge in [-0.25, -0.2) is 0 Å². The first kappa shape index (κ1) is 16.1. The van der Waals surface area contributed by atoms with Crippen LogP contribution >= 0.6 is 11.8 Å². The Morgan fingerprint density at radius 3 is 2.55 bits per heavy atom. The number of carboxylic acids is 1. The maximum atomic E-state index is 12.2. The Kier molecular flexibility index (Phi) is 5.21. The predicted molar refractivity (Wildman–Crippen MR) is 84.0 cm³/mol. The summed E-state index contributed by atoms with van der Waals surface area (Å²) in [5, 5.41) is 18.3. The lowest BCUT2D eigenvalue weighted by molar-refractivity contribution is -0.137. The second kappa shape index (κ2) is 7.13. The SMILES string of the molecule is CSc1ccc(C(CC(=O)O)NC(=O)c2cc(C)[nH]n2)cc1. The van der Waals surface area contributed by atoms with Gasteiger partial charge >= 0.3 is 5.97 Å². The van der Waals surface area contributed by atoms with Crippen LogP contribution in [0.2, 0.25) is 0 Å². The highest BCUT2D eigenvalue weighted by atomic mass is 32.2. The molecule has 1 aromatic heterocycles. The molecule has 0 bridgehead atoms. The summed E-state index contributed by atoms with van der Waals surface area (Å²) < 4.78 is 0. The third-order valence-corrected chi connectivity index (χ3v) is 3.88. The molecule has 116 valence electrons. The van der Waals surface area contributed by atoms with E-state index in [0.717, 1.165) is 16.2 Å². The van der Waals surface area contributed by atoms with E-state index in [4.69, 9.17) is 5.11 Å². The molecule has 0 aliphatic heterocycles. The van der Waals surface area contributed by atoms with E-state index in [1.165, 1.54) is 0 Å². The van der Waals surface area contributed by atoms with Crippen LogP contribution in [0.15, 0.2) is 35.2 Å². The molecule has 0 spiro atoms. The Labute approximate surface area is 132 Å². The quantitative estimate of drug-likeness (QED) is 0.711. The number of nitrogens with one attached hydrogen (secondary N) is 2. The molecule has 0 radical (unpaired) electrons. The Bertz CT molecular complexity index is 667. The third-order valence-electron chi connectivity index (χ3n) is 3.14. The summed E-state index contributed by atoms with van der Waals surface area (Å²) in [5.74, 6) is -1.37. The highest BCUT2D eigenvalue weighted by Crippen LogP contribution is 2.21. The van der Waals surface area contributed by atoms with Crippen LogP contribution in [0.1, 0.15) is 34.2 Å². The Balaban J connectivity index is 2.18. The number of aryl methyl sites for hydroxylation is 1. The number of hydrogen-bond acceptors (Lipinski definition) is 4. The molecule has 1 aromatic carbocycles. The van der Waals surface area contributed by atoms with Crippen molar-refractivity contribution in [3.05, 3.63) is 47.3 Å². The van der Waals surface area contributed by atoms with E-state index in [2.05, 4.69) is 15.5 Å². The first-order valence-corrected chi connectivity index (χ1v) is 7.90. The van der Waals surface area contributed by atoms with E-state index in [-0.39, 0.29) is 12.1 Å². The lowest BCUT2D eigenvalue weighted by atomic mass is 10.0. The minimum Gasteiger partial charge on any atom is -0.481 e. The lowest BCUT2D eigenvalue weighted by Gasteiger charge is -2.17. The number of benzene rings is 1. The van der Waals surface area contributed by atoms with Crippen LogP contribution in [0, 0.1) is 6.92 Å². The summed E-state index contributed by atoms with van der Waals surface area (Å²) in [4.78, 5) is 24.3. The number of carboxylic acid groups (broad SMARTS) is 1. The molecule has 0 aliphatic rings. The molecule has 7 heteroatoms. The fourth-order valence-corrected chi connectivity index (χ4v) is 2.44. The van der Waals surface area contributed by atoms with Gasteiger partial charge < -0.3 is 10.4 Å². The van der Waals surface area contributed by atoms with E-state index in [1.54, 1.807) is 24.8 Å². The largest absolute Gasteiger partial charge is 0.481 e. The summed E-state index contributed by atoms with van der Waals surface area (Å²) in [5.41, 5.74) is 1.76. The zero-order valence-corrected chi connectivity index (χ0v) is 13.1. The van der Waals surface area contributed by atoms with Crippen LogP contribution < -0.4 is 5.32 Å². The van der Waals surface area contributed by atoms with Crippen LogP contribution in [0.5, 0.6) is 0 Å². The molecule has 0 saturated carbocycles. The number of rotatable bonds is 6. The average molecular weight is 319 g/mol. The fourth-order valence-electron chi connectivity index (χ4n) is 2.03. The number of aromatic amines is 1. The Morgan fingerprint density at radius 1 is 1.36 bits per heavy atom. The minimum absolute atomic E-state index is 0.187. The number of thioether (sulfide) groups is 1. The van der Waals surface area contributed by atoms with Crippen LogP contribution in [0.4, 0.5) is 0 Å². The fraction of sp³-hybridized carbons (Fsp3) is 0.267. The molecule has 0 fully saturated rings. The molecule has 22 heavy (non-hydrogen) atoms. The number of amides is 1. The van der Waals surface area contributed by atoms with Crippen molar-refractivity contribution in [3.63, 3.8) is 0 Å². The van der Waals surface area contributed by atoms with Crippen LogP contribution in [-0.4, -0.2) is 33.4 Å². The molecule has 6 nitrogen and oxygen atoms in total. The van der Waals surface area contributed by atoms with E-state index >= 15 is 0 Å². The Hall–Kier alpha value is -2.28. The van der Waals surface area contributed by atoms with Crippen molar-refractivity contribution >= 4 is 23.6 Å². The first-order valence-electron chi connectivity index (χ1n) is 6.68. The summed E-state index contributed by atoms with van der Waals surface area (Å²) in [7, 11) is 0. The molecule has 2 aromatic rings. The number of carbonyl (C=O) groups excluding carboxylic acids is 1. The van der Waals surface area contributed by atoms with E-state index in [9.17, 15) is 9.59 Å². The maximum Gasteiger partial charge on any atom is 0.305 e. The molecular weight excluding hydrogens is 302 g/mol. The molecule has 3 N–H and O–H groups in total. The predicted octanol–water partition coefficient (Wildman–Crippen LogP) is 2.39. The molecule has 2 rings (SSSR count). The molecular formula is C15H17N3O3S. The normalized spacial score (nSPS) is 11.9. The van der Waals surface area contributed by atoms with Gasteiger partial charge in [-0.2, -0.15) is 5.10 Å². The van der Waals surface area contributed by atoms with Crippen molar-refractivity contribution in [1.29, 1.82) is 0 Å². The summed E-state index contributed by atoms with van der Waals surface area (Å²) >= 11 is 1.60. The van der Waals surface area contributed by atoms with Gasteiger partial charge in [0.05, 0.1) is 12.5 Å². The van der Waals surface area contributed by atoms with Crippen molar-refractivity contribution in [2.75, 3.05) is 6.26 Å². The summed E-state index contributed by atoms with van der Waals surface area (Å²) in [6, 6.07) is 8.48. The lowest BCUT2D eigenvalue weighted by Crippen LogP contribution is -2.30. The second-order valence-corrected chi connectivity index (χ2v) is 5.71. The summed E-state index contributed by atoms with van der Waals surface area (Å²) in [6.07, 6.45) is 1.78. The van der Waals surface area contributed by atoms with E-state index < -0.39 is 17.9 Å². The molecule has 0 aliphatic carbocycles. The zero-order valence-electron chi connectivity index (χ0n) is 12.3. The number of aliphatic carboxylic acids is 1. The van der Waals surface area contributed by atoms with Crippen molar-refractivity contribution < 1.29 is 14.7 Å². The maximum absolute atomic E-state index is 12.2. The van der Waals surface area contributed by atoms with Crippen molar-refractivity contribution in [2.45, 2.75) is 24.3 Å². The van der Waals surface area contributed by atoms with Gasteiger partial charge in [0.1, 0.15) is 5.69 Å². The van der Waals surface area contributed by atoms with Gasteiger partial charge in [-0.1, -0.05) is 12.1 Å². The van der Waals surface area contributed by atoms with Gasteiger partial charge in [-0.3, -0.25) is 14.7 Å². The summed E-state index contributed by atoms with van der Waals surface area (Å²) in [6.45, 7) is 1.79. The number of H-pyrrole nitrogens is 1. The molecule has 1 unspecified atom stereocenters. The van der Waals surface area contributed by atoms with Gasteiger partial charge in [0, 0.05) is 10.6 Å². The Morgan fingerprint density at radius 2 is 2.05 bits per heavy atom. The van der Waals surface area contributed by atoms with Crippen LogP contribution in [0.25, 0.3) is 0 Å². The highest BCUT2D eigenvalue weighted by molar-refractivity contribution is 7.98. The minimum atomic E-state index is -0.975. The molecule has 0 saturated heterocycles. The first-order chi connectivity index (χ1) is 10.5.